The van der Waals surface area contributed by atoms with Gasteiger partial charge in [0, 0.05) is 50.7 Å². The molecule has 2 heterocycles. The second-order valence-corrected chi connectivity index (χ2v) is 14.6. The highest BCUT2D eigenvalue weighted by molar-refractivity contribution is 5.66. The molecule has 4 saturated carbocycles. The SMILES string of the molecule is C=CC[N+]1(C2C[C@H]3[C@@H]4CCC5CC(OC(C)=O)C(N6CCOCC6)C[C@]5(C)[C@@H]4CC[C@]3(C)C2O)CCCC1.[Br-]. The van der Waals surface area contributed by atoms with Crippen LogP contribution in [0.5, 0.6) is 0 Å². The molecule has 4 aliphatic carbocycles. The molecule has 2 aliphatic heterocycles. The van der Waals surface area contributed by atoms with Crippen molar-refractivity contribution in [3.63, 3.8) is 0 Å². The lowest BCUT2D eigenvalue weighted by molar-refractivity contribution is -0.938. The molecule has 222 valence electrons. The number of aliphatic hydroxyl groups excluding tert-OH is 1. The average molecular weight is 610 g/mol. The third kappa shape index (κ3) is 4.88. The summed E-state index contributed by atoms with van der Waals surface area (Å²) in [6.07, 6.45) is 12.7. The predicted molar refractivity (Wildman–Crippen MR) is 148 cm³/mol. The number of hydrogen-bond donors (Lipinski definition) is 1. The fourth-order valence-corrected chi connectivity index (χ4v) is 11.3. The van der Waals surface area contributed by atoms with Crippen molar-refractivity contribution in [2.45, 2.75) is 103 Å². The number of halogens is 1. The molecular formula is C32H53BrN2O4. The van der Waals surface area contributed by atoms with Crippen molar-refractivity contribution in [1.29, 1.82) is 0 Å². The Bertz CT molecular complexity index is 905. The number of esters is 1. The molecule has 1 N–H and O–H groups in total. The van der Waals surface area contributed by atoms with E-state index >= 15 is 0 Å². The molecule has 2 saturated heterocycles. The molecule has 39 heavy (non-hydrogen) atoms. The summed E-state index contributed by atoms with van der Waals surface area (Å²) in [6, 6.07) is 0.666. The van der Waals surface area contributed by atoms with Gasteiger partial charge in [-0.1, -0.05) is 20.4 Å². The number of aliphatic hydroxyl groups is 1. The molecule has 10 atom stereocenters. The van der Waals surface area contributed by atoms with Crippen molar-refractivity contribution in [3.05, 3.63) is 12.7 Å². The molecule has 6 fully saturated rings. The topological polar surface area (TPSA) is 59.0 Å². The maximum atomic E-state index is 12.1. The fourth-order valence-electron chi connectivity index (χ4n) is 11.3. The molecule has 0 amide bonds. The maximum Gasteiger partial charge on any atom is 0.302 e. The second kappa shape index (κ2) is 11.3. The van der Waals surface area contributed by atoms with Gasteiger partial charge in [-0.2, -0.15) is 0 Å². The van der Waals surface area contributed by atoms with Crippen LogP contribution in [0.4, 0.5) is 0 Å². The normalized spacial score (nSPS) is 47.3. The van der Waals surface area contributed by atoms with Gasteiger partial charge in [0.2, 0.25) is 0 Å². The van der Waals surface area contributed by atoms with Gasteiger partial charge in [-0.3, -0.25) is 9.69 Å². The maximum absolute atomic E-state index is 12.1. The van der Waals surface area contributed by atoms with Crippen LogP contribution in [0.2, 0.25) is 0 Å². The number of hydrogen-bond acceptors (Lipinski definition) is 5. The van der Waals surface area contributed by atoms with Crippen molar-refractivity contribution in [3.8, 4) is 0 Å². The molecular weight excluding hydrogens is 556 g/mol. The lowest BCUT2D eigenvalue weighted by Crippen LogP contribution is -3.00. The van der Waals surface area contributed by atoms with E-state index in [-0.39, 0.29) is 46.0 Å². The van der Waals surface area contributed by atoms with Crippen molar-refractivity contribution < 1.29 is 40.8 Å². The van der Waals surface area contributed by atoms with E-state index in [1.165, 1.54) is 51.6 Å². The van der Waals surface area contributed by atoms with E-state index in [0.717, 1.165) is 56.6 Å². The average Bonchev–Trinajstić information content (AvgIpc) is 3.47. The zero-order valence-electron chi connectivity index (χ0n) is 24.7. The van der Waals surface area contributed by atoms with E-state index in [1.54, 1.807) is 6.92 Å². The molecule has 6 nitrogen and oxygen atoms in total. The summed E-state index contributed by atoms with van der Waals surface area (Å²) in [5.41, 5.74) is 0.316. The highest BCUT2D eigenvalue weighted by Crippen LogP contribution is 2.67. The minimum atomic E-state index is -0.196. The van der Waals surface area contributed by atoms with E-state index in [4.69, 9.17) is 9.47 Å². The van der Waals surface area contributed by atoms with Gasteiger partial charge >= 0.3 is 5.97 Å². The molecule has 5 unspecified atom stereocenters. The number of likely N-dealkylation sites (tertiary alicyclic amines) is 1. The number of quaternary nitrogens is 1. The molecule has 0 aromatic rings. The van der Waals surface area contributed by atoms with Crippen molar-refractivity contribution in [2.75, 3.05) is 45.9 Å². The van der Waals surface area contributed by atoms with Gasteiger partial charge in [0.25, 0.3) is 0 Å². The summed E-state index contributed by atoms with van der Waals surface area (Å²) in [7, 11) is 0. The van der Waals surface area contributed by atoms with Crippen molar-refractivity contribution in [1.82, 2.24) is 4.90 Å². The van der Waals surface area contributed by atoms with Gasteiger partial charge < -0.3 is 36.0 Å². The third-order valence-corrected chi connectivity index (χ3v) is 13.1. The summed E-state index contributed by atoms with van der Waals surface area (Å²) >= 11 is 0. The Morgan fingerprint density at radius 2 is 1.82 bits per heavy atom. The number of rotatable bonds is 5. The van der Waals surface area contributed by atoms with E-state index < -0.39 is 0 Å². The van der Waals surface area contributed by atoms with E-state index in [0.29, 0.717) is 35.8 Å². The molecule has 6 rings (SSSR count). The van der Waals surface area contributed by atoms with Gasteiger partial charge in [0.05, 0.1) is 32.8 Å². The minimum Gasteiger partial charge on any atom is -1.00 e. The summed E-state index contributed by atoms with van der Waals surface area (Å²) in [4.78, 5) is 14.7. The van der Waals surface area contributed by atoms with Crippen LogP contribution in [-0.4, -0.2) is 90.7 Å². The zero-order chi connectivity index (χ0) is 26.7. The predicted octanol–water partition coefficient (Wildman–Crippen LogP) is 1.41. The molecule has 0 aromatic carbocycles. The van der Waals surface area contributed by atoms with Gasteiger partial charge in [-0.25, -0.2) is 0 Å². The number of carbonyl (C=O) groups is 1. The quantitative estimate of drug-likeness (QED) is 0.291. The van der Waals surface area contributed by atoms with Crippen LogP contribution in [0.1, 0.15) is 78.6 Å². The Hall–Kier alpha value is -0.470. The summed E-state index contributed by atoms with van der Waals surface area (Å²) in [6.45, 7) is 17.6. The molecule has 7 heteroatoms. The minimum absolute atomic E-state index is 0. The lowest BCUT2D eigenvalue weighted by atomic mass is 9.44. The van der Waals surface area contributed by atoms with E-state index in [1.807, 2.05) is 0 Å². The Morgan fingerprint density at radius 3 is 2.49 bits per heavy atom. The Balaban J connectivity index is 0.00000308. The molecule has 6 aliphatic rings. The molecule has 0 aromatic heterocycles. The lowest BCUT2D eigenvalue weighted by Gasteiger charge is -2.62. The molecule has 0 spiro atoms. The van der Waals surface area contributed by atoms with Crippen molar-refractivity contribution >= 4 is 5.97 Å². The Kier molecular flexibility index (Phi) is 8.70. The van der Waals surface area contributed by atoms with Gasteiger partial charge in [-0.05, 0) is 73.7 Å². The number of carbonyl (C=O) groups excluding carboxylic acids is 1. The number of nitrogens with zero attached hydrogens (tertiary/aromatic N) is 2. The first kappa shape index (κ1) is 30.0. The first-order chi connectivity index (χ1) is 18.2. The Labute approximate surface area is 247 Å². The van der Waals surface area contributed by atoms with Crippen LogP contribution in [-0.2, 0) is 14.3 Å². The zero-order valence-corrected chi connectivity index (χ0v) is 26.2. The highest BCUT2D eigenvalue weighted by atomic mass is 79.9. The van der Waals surface area contributed by atoms with Crippen LogP contribution < -0.4 is 17.0 Å². The first-order valence-electron chi connectivity index (χ1n) is 15.9. The van der Waals surface area contributed by atoms with E-state index in [2.05, 4.69) is 31.4 Å². The van der Waals surface area contributed by atoms with Gasteiger partial charge in [0.1, 0.15) is 18.2 Å². The number of ether oxygens (including phenoxy) is 2. The molecule has 0 radical (unpaired) electrons. The van der Waals surface area contributed by atoms with Crippen LogP contribution in [0.3, 0.4) is 0 Å². The second-order valence-electron chi connectivity index (χ2n) is 14.6. The molecule has 0 bridgehead atoms. The van der Waals surface area contributed by atoms with Gasteiger partial charge in [0.15, 0.2) is 0 Å². The van der Waals surface area contributed by atoms with Crippen LogP contribution in [0, 0.1) is 34.5 Å². The number of fused-ring (bicyclic) bond motifs is 5. The van der Waals surface area contributed by atoms with Crippen LogP contribution in [0.15, 0.2) is 12.7 Å². The highest BCUT2D eigenvalue weighted by Gasteiger charge is 2.66. The van der Waals surface area contributed by atoms with Crippen molar-refractivity contribution in [2.24, 2.45) is 34.5 Å². The standard InChI is InChI=1S/C32H53N2O4.BrH/c1-5-14-34(15-6-7-16-34)28-20-26-24-9-8-23-19-29(38-22(2)35)27(33-12-17-37-18-13-33)21-32(23,4)25(24)10-11-31(26,3)30(28)36;/h5,23-30,36H,1,6-21H2,2-4H3;1H/q+1;/p-1/t23?,24-,25-,26+,27?,28?,29?,30?,31+,32+;/m1./s1. The summed E-state index contributed by atoms with van der Waals surface area (Å²) < 4.78 is 12.8. The largest absolute Gasteiger partial charge is 1.00 e. The monoisotopic (exact) mass is 608 g/mol. The van der Waals surface area contributed by atoms with Gasteiger partial charge in [-0.15, -0.1) is 0 Å². The Morgan fingerprint density at radius 1 is 1.10 bits per heavy atom. The van der Waals surface area contributed by atoms with Crippen LogP contribution >= 0.6 is 0 Å². The summed E-state index contributed by atoms with van der Waals surface area (Å²) in [5, 5.41) is 12.0. The fraction of sp³-hybridized carbons (Fsp3) is 0.906. The third-order valence-electron chi connectivity index (χ3n) is 13.1. The van der Waals surface area contributed by atoms with E-state index in [9.17, 15) is 9.90 Å². The summed E-state index contributed by atoms with van der Waals surface area (Å²) in [5.74, 6) is 2.51. The smallest absolute Gasteiger partial charge is 0.302 e. The number of morpholine rings is 1. The van der Waals surface area contributed by atoms with Crippen LogP contribution in [0.25, 0.3) is 0 Å². The first-order valence-corrected chi connectivity index (χ1v) is 15.9.